The Bertz CT molecular complexity index is 616. The average molecular weight is 361 g/mol. The molecule has 0 bridgehead atoms. The van der Waals surface area contributed by atoms with Gasteiger partial charge >= 0.3 is 5.97 Å². The Morgan fingerprint density at radius 2 is 1.88 bits per heavy atom. The Labute approximate surface area is 153 Å². The number of carbonyl (C=O) groups excluding carboxylic acids is 1. The number of hydrogen-bond donors (Lipinski definition) is 2. The van der Waals surface area contributed by atoms with E-state index in [1.54, 1.807) is 4.90 Å². The van der Waals surface area contributed by atoms with Crippen molar-refractivity contribution in [3.8, 4) is 0 Å². The lowest BCUT2D eigenvalue weighted by Gasteiger charge is -2.40. The number of ether oxygens (including phenoxy) is 1. The lowest BCUT2D eigenvalue weighted by molar-refractivity contribution is -0.152. The van der Waals surface area contributed by atoms with Gasteiger partial charge in [-0.3, -0.25) is 9.59 Å². The highest BCUT2D eigenvalue weighted by Gasteiger charge is 2.41. The van der Waals surface area contributed by atoms with Crippen molar-refractivity contribution in [3.05, 3.63) is 30.3 Å². The maximum atomic E-state index is 12.9. The van der Waals surface area contributed by atoms with Gasteiger partial charge in [0.2, 0.25) is 5.91 Å². The second-order valence-electron chi connectivity index (χ2n) is 6.79. The van der Waals surface area contributed by atoms with Crippen LogP contribution in [0.5, 0.6) is 0 Å². The summed E-state index contributed by atoms with van der Waals surface area (Å²) in [5.74, 6) is -1.80. The second kappa shape index (κ2) is 8.51. The molecule has 0 unspecified atom stereocenters. The topological polar surface area (TPSA) is 82.1 Å². The number of carboxylic acid groups (broad SMARTS) is 1. The van der Waals surface area contributed by atoms with Crippen molar-refractivity contribution in [3.63, 3.8) is 0 Å². The number of piperidine rings is 1. The van der Waals surface area contributed by atoms with Crippen molar-refractivity contribution in [2.24, 2.45) is 5.92 Å². The molecule has 3 rings (SSSR count). The minimum Gasteiger partial charge on any atom is -0.481 e. The van der Waals surface area contributed by atoms with Crippen LogP contribution in [0.15, 0.2) is 30.3 Å². The van der Waals surface area contributed by atoms with Crippen LogP contribution < -0.4 is 10.2 Å². The summed E-state index contributed by atoms with van der Waals surface area (Å²) in [5, 5.41) is 12.7. The van der Waals surface area contributed by atoms with Crippen molar-refractivity contribution in [2.75, 3.05) is 44.2 Å². The highest BCUT2D eigenvalue weighted by molar-refractivity contribution is 5.88. The first-order valence-corrected chi connectivity index (χ1v) is 9.26. The molecule has 2 N–H and O–H groups in total. The molecule has 1 amide bonds. The van der Waals surface area contributed by atoms with E-state index in [4.69, 9.17) is 4.74 Å². The van der Waals surface area contributed by atoms with Gasteiger partial charge in [0, 0.05) is 45.0 Å². The van der Waals surface area contributed by atoms with Crippen LogP contribution in [0.1, 0.15) is 13.3 Å². The van der Waals surface area contributed by atoms with E-state index in [-0.39, 0.29) is 12.0 Å². The lowest BCUT2D eigenvalue weighted by atomic mass is 9.88. The maximum absolute atomic E-state index is 12.9. The van der Waals surface area contributed by atoms with Gasteiger partial charge in [0.25, 0.3) is 0 Å². The molecule has 2 aliphatic rings. The number of hydrogen-bond acceptors (Lipinski definition) is 5. The Morgan fingerprint density at radius 1 is 1.19 bits per heavy atom. The minimum atomic E-state index is -0.942. The van der Waals surface area contributed by atoms with Crippen LogP contribution in [0.4, 0.5) is 5.69 Å². The van der Waals surface area contributed by atoms with Crippen molar-refractivity contribution < 1.29 is 19.4 Å². The molecule has 0 aromatic heterocycles. The number of aliphatic carboxylic acids is 1. The van der Waals surface area contributed by atoms with E-state index in [9.17, 15) is 14.7 Å². The number of anilines is 1. The molecule has 3 atom stereocenters. The molecule has 2 aliphatic heterocycles. The Morgan fingerprint density at radius 3 is 2.50 bits per heavy atom. The Balaban J connectivity index is 1.59. The molecule has 26 heavy (non-hydrogen) atoms. The van der Waals surface area contributed by atoms with Crippen LogP contribution in [0, 0.1) is 5.92 Å². The summed E-state index contributed by atoms with van der Waals surface area (Å²) in [4.78, 5) is 28.6. The summed E-state index contributed by atoms with van der Waals surface area (Å²) in [6, 6.07) is 9.45. The summed E-state index contributed by atoms with van der Waals surface area (Å²) >= 11 is 0. The zero-order valence-corrected chi connectivity index (χ0v) is 15.1. The van der Waals surface area contributed by atoms with Crippen LogP contribution >= 0.6 is 0 Å². The third kappa shape index (κ3) is 4.16. The maximum Gasteiger partial charge on any atom is 0.308 e. The molecular formula is C19H27N3O4. The molecule has 2 fully saturated rings. The first-order valence-electron chi connectivity index (χ1n) is 9.26. The van der Waals surface area contributed by atoms with Crippen molar-refractivity contribution in [1.82, 2.24) is 10.2 Å². The van der Waals surface area contributed by atoms with Gasteiger partial charge in [0.15, 0.2) is 0 Å². The molecule has 1 aromatic rings. The van der Waals surface area contributed by atoms with Gasteiger partial charge in [-0.05, 0) is 25.5 Å². The van der Waals surface area contributed by atoms with E-state index in [1.807, 2.05) is 25.1 Å². The number of carboxylic acids is 1. The molecule has 0 saturated carbocycles. The normalized spacial score (nSPS) is 26.6. The zero-order chi connectivity index (χ0) is 18.5. The SMILES string of the molecule is CCO[C@@H]1CN[C@H](C(=O)N2CCN(c3ccccc3)CC2)[C@@H](C(=O)O)C1. The van der Waals surface area contributed by atoms with Gasteiger partial charge in [-0.2, -0.15) is 0 Å². The van der Waals surface area contributed by atoms with Gasteiger partial charge in [0.05, 0.1) is 12.0 Å². The third-order valence-electron chi connectivity index (χ3n) is 5.18. The molecule has 0 radical (unpaired) electrons. The second-order valence-corrected chi connectivity index (χ2v) is 6.79. The van der Waals surface area contributed by atoms with Gasteiger partial charge in [0.1, 0.15) is 6.04 Å². The number of carbonyl (C=O) groups is 2. The number of piperazine rings is 1. The molecule has 7 heteroatoms. The summed E-state index contributed by atoms with van der Waals surface area (Å²) in [7, 11) is 0. The fourth-order valence-corrected chi connectivity index (χ4v) is 3.79. The van der Waals surface area contributed by atoms with Crippen LogP contribution in [0.25, 0.3) is 0 Å². The first kappa shape index (κ1) is 18.7. The summed E-state index contributed by atoms with van der Waals surface area (Å²) < 4.78 is 5.54. The molecule has 142 valence electrons. The smallest absolute Gasteiger partial charge is 0.308 e. The number of nitrogens with one attached hydrogen (secondary N) is 1. The van der Waals surface area contributed by atoms with Crippen molar-refractivity contribution >= 4 is 17.6 Å². The molecule has 1 aromatic carbocycles. The van der Waals surface area contributed by atoms with Gasteiger partial charge in [-0.25, -0.2) is 0 Å². The Hall–Kier alpha value is -2.12. The fraction of sp³-hybridized carbons (Fsp3) is 0.579. The number of benzene rings is 1. The molecule has 2 saturated heterocycles. The number of amides is 1. The summed E-state index contributed by atoms with van der Waals surface area (Å²) in [5.41, 5.74) is 1.15. The largest absolute Gasteiger partial charge is 0.481 e. The molecule has 0 aliphatic carbocycles. The van der Waals surface area contributed by atoms with E-state index in [0.29, 0.717) is 32.7 Å². The van der Waals surface area contributed by atoms with Gasteiger partial charge < -0.3 is 25.0 Å². The zero-order valence-electron chi connectivity index (χ0n) is 15.1. The first-order chi connectivity index (χ1) is 12.6. The van der Waals surface area contributed by atoms with E-state index in [2.05, 4.69) is 22.3 Å². The molecule has 2 heterocycles. The van der Waals surface area contributed by atoms with Crippen LogP contribution in [-0.2, 0) is 14.3 Å². The average Bonchev–Trinajstić information content (AvgIpc) is 2.68. The number of nitrogens with zero attached hydrogens (tertiary/aromatic N) is 2. The van der Waals surface area contributed by atoms with Crippen LogP contribution in [0.3, 0.4) is 0 Å². The van der Waals surface area contributed by atoms with Crippen molar-refractivity contribution in [2.45, 2.75) is 25.5 Å². The van der Waals surface area contributed by atoms with Gasteiger partial charge in [-0.1, -0.05) is 18.2 Å². The highest BCUT2D eigenvalue weighted by Crippen LogP contribution is 2.22. The monoisotopic (exact) mass is 361 g/mol. The predicted molar refractivity (Wildman–Crippen MR) is 98.2 cm³/mol. The van der Waals surface area contributed by atoms with Crippen LogP contribution in [-0.4, -0.2) is 73.4 Å². The number of rotatable bonds is 5. The quantitative estimate of drug-likeness (QED) is 0.807. The van der Waals surface area contributed by atoms with Crippen LogP contribution in [0.2, 0.25) is 0 Å². The van der Waals surface area contributed by atoms with Gasteiger partial charge in [-0.15, -0.1) is 0 Å². The fourth-order valence-electron chi connectivity index (χ4n) is 3.79. The summed E-state index contributed by atoms with van der Waals surface area (Å²) in [6.07, 6.45) is 0.219. The van der Waals surface area contributed by atoms with E-state index in [1.165, 1.54) is 0 Å². The molecular weight excluding hydrogens is 334 g/mol. The van der Waals surface area contributed by atoms with E-state index < -0.39 is 17.9 Å². The minimum absolute atomic E-state index is 0.111. The standard InChI is InChI=1S/C19H27N3O4/c1-2-26-15-12-16(19(24)25)17(20-13-15)18(23)22-10-8-21(9-11-22)14-6-4-3-5-7-14/h3-7,15-17,20H,2,8-13H2,1H3,(H,24,25)/t15-,16-,17-/m0/s1. The van der Waals surface area contributed by atoms with E-state index in [0.717, 1.165) is 18.8 Å². The van der Waals surface area contributed by atoms with E-state index >= 15 is 0 Å². The molecule has 0 spiro atoms. The Kier molecular flexibility index (Phi) is 6.11. The third-order valence-corrected chi connectivity index (χ3v) is 5.18. The predicted octanol–water partition coefficient (Wildman–Crippen LogP) is 0.803. The molecule has 7 nitrogen and oxygen atoms in total. The van der Waals surface area contributed by atoms with Crippen molar-refractivity contribution in [1.29, 1.82) is 0 Å². The highest BCUT2D eigenvalue weighted by atomic mass is 16.5. The number of para-hydroxylation sites is 1. The summed E-state index contributed by atoms with van der Waals surface area (Å²) in [6.45, 7) is 5.65. The lowest BCUT2D eigenvalue weighted by Crippen LogP contribution is -2.61.